The molecule has 0 saturated heterocycles. The Hall–Kier alpha value is -4.51. The molecule has 0 saturated carbocycles. The van der Waals surface area contributed by atoms with Gasteiger partial charge in [-0.1, -0.05) is 120 Å². The van der Waals surface area contributed by atoms with E-state index in [1.807, 2.05) is 60.4 Å². The fourth-order valence-corrected chi connectivity index (χ4v) is 15.7. The van der Waals surface area contributed by atoms with Crippen molar-refractivity contribution in [2.24, 2.45) is 5.92 Å². The third-order valence-electron chi connectivity index (χ3n) is 13.7. The molecule has 0 fully saturated rings. The Morgan fingerprint density at radius 2 is 1.74 bits per heavy atom. The Morgan fingerprint density at radius 3 is 2.56 bits per heavy atom. The maximum atomic E-state index is 11.3. The maximum Gasteiger partial charge on any atom is 0.266 e. The molecule has 9 nitrogen and oxygen atoms in total. The minimum atomic E-state index is -4.28. The van der Waals surface area contributed by atoms with Crippen molar-refractivity contribution in [2.45, 2.75) is 95.0 Å². The predicted octanol–water partition coefficient (Wildman–Crippen LogP) is 14.7. The van der Waals surface area contributed by atoms with E-state index in [2.05, 4.69) is 113 Å². The highest BCUT2D eigenvalue weighted by Crippen LogP contribution is 2.50. The Balaban J connectivity index is 0.000000173. The van der Waals surface area contributed by atoms with Gasteiger partial charge >= 0.3 is 0 Å². The predicted molar refractivity (Wildman–Crippen MR) is 306 cm³/mol. The van der Waals surface area contributed by atoms with Crippen LogP contribution in [0.3, 0.4) is 0 Å². The van der Waals surface area contributed by atoms with Gasteiger partial charge in [-0.15, -0.1) is 0 Å². The van der Waals surface area contributed by atoms with Crippen LogP contribution >= 0.6 is 69.4 Å². The van der Waals surface area contributed by atoms with Crippen LogP contribution in [0.4, 0.5) is 11.4 Å². The monoisotopic (exact) mass is 1110 g/mol. The summed E-state index contributed by atoms with van der Waals surface area (Å²) in [5.74, 6) is 1.74. The second kappa shape index (κ2) is 22.4. The number of methoxy groups -OCH3 is 1. The van der Waals surface area contributed by atoms with Gasteiger partial charge in [0.05, 0.1) is 38.7 Å². The van der Waals surface area contributed by atoms with Crippen molar-refractivity contribution >= 4 is 123 Å². The van der Waals surface area contributed by atoms with Crippen LogP contribution in [0.1, 0.15) is 79.9 Å². The van der Waals surface area contributed by atoms with Crippen LogP contribution in [0.15, 0.2) is 128 Å². The fourth-order valence-electron chi connectivity index (χ4n) is 10.3. The number of unbranched alkanes of at least 4 members (excludes halogenated alkanes) is 1. The second-order valence-corrected chi connectivity index (χ2v) is 25.8. The normalized spacial score (nSPS) is 19.0. The third-order valence-corrected chi connectivity index (χ3v) is 19.4. The molecule has 0 N–H and O–H groups in total. The van der Waals surface area contributed by atoms with Gasteiger partial charge in [-0.25, -0.2) is 8.42 Å². The number of nitrogens with zero attached hydrogens (tertiary/aromatic N) is 4. The third kappa shape index (κ3) is 11.7. The summed E-state index contributed by atoms with van der Waals surface area (Å²) in [6.45, 7) is 9.51. The molecule has 0 amide bonds. The van der Waals surface area contributed by atoms with E-state index >= 15 is 0 Å². The van der Waals surface area contributed by atoms with Crippen molar-refractivity contribution in [1.29, 1.82) is 0 Å². The molecule has 2 aromatic heterocycles. The van der Waals surface area contributed by atoms with Crippen molar-refractivity contribution in [1.82, 2.24) is 0 Å². The highest BCUT2D eigenvalue weighted by molar-refractivity contribution is 8.04. The number of hydrogen-bond donors (Lipinski definition) is 0. The maximum absolute atomic E-state index is 11.3. The van der Waals surface area contributed by atoms with E-state index in [9.17, 15) is 13.0 Å². The smallest absolute Gasteiger partial charge is 0.266 e. The van der Waals surface area contributed by atoms with Crippen LogP contribution in [0.25, 0.3) is 32.6 Å². The zero-order valence-electron chi connectivity index (χ0n) is 41.7. The second-order valence-electron chi connectivity index (χ2n) is 19.2. The molecule has 16 heteroatoms. The van der Waals surface area contributed by atoms with Crippen molar-refractivity contribution < 1.29 is 31.6 Å². The average Bonchev–Trinajstić information content (AvgIpc) is 4.09. The standard InChI is InChI=1S/C30H31ClN2O5S3.C27H28ClN2S2/c1-18-9-20(12-21(10-18)14-29-33-6-7-38-25-15-22(31)16-27(40-29)30(25)33)13-28-32(5-4-8-41(34,35)36)23-11-19(2)24(37-3)17-26(23)39-28;1-3-4-7-19(11-15-25-29(2)22-18-21(28)13-14-23(22)31-25)12-16-26-30-17-6-9-20-8-5-10-24(32-26)27(20)30/h11-18H,4-10H2,1-3H3;5,8,10-16,18H,3-4,6-7,9,17H2,1-2H3/q;+1. The number of allylic oxidation sites excluding steroid dienone is 8. The Labute approximate surface area is 455 Å². The Morgan fingerprint density at radius 1 is 0.918 bits per heavy atom. The molecule has 0 radical (unpaired) electrons. The summed E-state index contributed by atoms with van der Waals surface area (Å²) in [5.41, 5.74) is 11.1. The number of benzene rings is 4. The van der Waals surface area contributed by atoms with E-state index < -0.39 is 10.1 Å². The Bertz CT molecular complexity index is 3440. The number of rotatable bonds is 13. The van der Waals surface area contributed by atoms with Crippen LogP contribution in [0, 0.1) is 12.8 Å². The lowest BCUT2D eigenvalue weighted by Crippen LogP contribution is -2.41. The molecule has 0 spiro atoms. The van der Waals surface area contributed by atoms with Crippen LogP contribution < -0.4 is 28.4 Å². The molecule has 4 aromatic carbocycles. The van der Waals surface area contributed by atoms with Gasteiger partial charge in [0.1, 0.15) is 21.8 Å². The molecule has 5 aliphatic rings. The number of thioether (sulfide) groups is 2. The summed E-state index contributed by atoms with van der Waals surface area (Å²) >= 11 is 19.7. The van der Waals surface area contributed by atoms with Gasteiger partial charge in [0.25, 0.3) is 15.5 Å². The fraction of sp³-hybridized carbons (Fsp3) is 0.333. The quantitative estimate of drug-likeness (QED) is 0.0637. The minimum absolute atomic E-state index is 0.260. The number of anilines is 2. The number of hydrogen-bond acceptors (Lipinski definition) is 11. The average molecular weight is 1110 g/mol. The molecule has 1 atom stereocenters. The zero-order valence-corrected chi connectivity index (χ0v) is 47.3. The largest absolute Gasteiger partial charge is 0.748 e. The summed E-state index contributed by atoms with van der Waals surface area (Å²) in [6, 6.07) is 20.9. The summed E-state index contributed by atoms with van der Waals surface area (Å²) in [4.78, 5) is 6.69. The molecule has 73 heavy (non-hydrogen) atoms. The molecule has 380 valence electrons. The van der Waals surface area contributed by atoms with Gasteiger partial charge in [-0.2, -0.15) is 9.13 Å². The summed E-state index contributed by atoms with van der Waals surface area (Å²) < 4.78 is 52.8. The molecule has 11 rings (SSSR count). The van der Waals surface area contributed by atoms with Crippen LogP contribution in [0.2, 0.25) is 10.0 Å². The van der Waals surface area contributed by atoms with E-state index in [4.69, 9.17) is 32.7 Å². The Kier molecular flexibility index (Phi) is 15.9. The van der Waals surface area contributed by atoms with Gasteiger partial charge in [-0.05, 0) is 128 Å². The molecule has 6 heterocycles. The lowest BCUT2D eigenvalue weighted by molar-refractivity contribution is -0.673. The van der Waals surface area contributed by atoms with E-state index in [1.54, 1.807) is 30.2 Å². The number of para-hydroxylation sites is 1. The van der Waals surface area contributed by atoms with Gasteiger partial charge in [0.15, 0.2) is 18.8 Å². The van der Waals surface area contributed by atoms with Gasteiger partial charge in [0.2, 0.25) is 5.52 Å². The summed E-state index contributed by atoms with van der Waals surface area (Å²) in [5, 5.41) is 6.27. The number of fused-ring (bicyclic) bond motifs is 2. The molecule has 1 unspecified atom stereocenters. The van der Waals surface area contributed by atoms with Gasteiger partial charge < -0.3 is 23.8 Å². The SMILES string of the molecule is CCCCC(C=Cc1sc2cccc3c2[n+]1CCC3)=CC=C1Sc2ccc(Cl)cc2N1C.COc1cc2c(cc1C)N(CCCS(=O)(=O)[O-])C(=CC1=CC(=Cc3sc4cc(Cl)cc5c4[n+]3CCO5)CC(C)C1)S2. The zero-order chi connectivity index (χ0) is 51.0. The summed E-state index contributed by atoms with van der Waals surface area (Å²) in [7, 11) is -0.496. The van der Waals surface area contributed by atoms with Crippen molar-refractivity contribution in [3.63, 3.8) is 0 Å². The van der Waals surface area contributed by atoms with Gasteiger partial charge in [-0.3, -0.25) is 0 Å². The van der Waals surface area contributed by atoms with Crippen LogP contribution in [0.5, 0.6) is 11.5 Å². The minimum Gasteiger partial charge on any atom is -0.748 e. The highest BCUT2D eigenvalue weighted by atomic mass is 35.5. The molecular formula is C57H59Cl2N4O5S5+. The van der Waals surface area contributed by atoms with E-state index in [0.29, 0.717) is 24.1 Å². The lowest BCUT2D eigenvalue weighted by Gasteiger charge is -2.24. The summed E-state index contributed by atoms with van der Waals surface area (Å²) in [6.07, 6.45) is 24.1. The first kappa shape index (κ1) is 52.0. The number of thiazole rings is 2. The first-order chi connectivity index (χ1) is 35.2. The number of halogens is 2. The number of aryl methyl sites for hydroxylation is 3. The molecular weight excluding hydrogens is 1050 g/mol. The van der Waals surface area contributed by atoms with Gasteiger partial charge in [0, 0.05) is 69.4 Å². The van der Waals surface area contributed by atoms with Crippen LogP contribution in [-0.2, 0) is 29.6 Å². The van der Waals surface area contributed by atoms with E-state index in [0.717, 1.165) is 80.3 Å². The highest BCUT2D eigenvalue weighted by Gasteiger charge is 2.31. The van der Waals surface area contributed by atoms with Crippen molar-refractivity contribution in [3.05, 3.63) is 149 Å². The molecule has 6 aromatic rings. The van der Waals surface area contributed by atoms with Crippen LogP contribution in [-0.4, -0.2) is 46.0 Å². The number of ether oxygens (including phenoxy) is 2. The first-order valence-corrected chi connectivity index (χ1v) is 30.5. The van der Waals surface area contributed by atoms with E-state index in [-0.39, 0.29) is 12.2 Å². The lowest BCUT2D eigenvalue weighted by atomic mass is 9.87. The molecule has 0 bridgehead atoms. The van der Waals surface area contributed by atoms with Crippen molar-refractivity contribution in [2.75, 3.05) is 42.9 Å². The topological polar surface area (TPSA) is 89.9 Å². The molecule has 4 aliphatic heterocycles. The number of aromatic nitrogens is 2. The first-order valence-electron chi connectivity index (χ1n) is 24.9. The van der Waals surface area contributed by atoms with E-state index in [1.165, 1.54) is 83.8 Å². The van der Waals surface area contributed by atoms with Crippen molar-refractivity contribution in [3.8, 4) is 11.5 Å². The molecule has 1 aliphatic carbocycles.